The lowest BCUT2D eigenvalue weighted by Gasteiger charge is -2.45. The van der Waals surface area contributed by atoms with Gasteiger partial charge in [-0.15, -0.1) is 0 Å². The minimum atomic E-state index is 0.218. The number of fused-ring (bicyclic) bond motifs is 1. The van der Waals surface area contributed by atoms with Gasteiger partial charge in [0.05, 0.1) is 0 Å². The van der Waals surface area contributed by atoms with E-state index in [4.69, 9.17) is 0 Å². The monoisotopic (exact) mass is 382 g/mol. The molecule has 148 valence electrons. The van der Waals surface area contributed by atoms with Crippen LogP contribution in [0.2, 0.25) is 0 Å². The van der Waals surface area contributed by atoms with E-state index < -0.39 is 0 Å². The second kappa shape index (κ2) is 6.83. The highest BCUT2D eigenvalue weighted by Crippen LogP contribution is 2.51. The molecule has 2 aromatic rings. The van der Waals surface area contributed by atoms with Crippen LogP contribution in [0, 0.1) is 10.8 Å². The second-order valence-corrected chi connectivity index (χ2v) is 10.2. The van der Waals surface area contributed by atoms with E-state index in [1.807, 2.05) is 0 Å². The molecule has 0 aliphatic heterocycles. The van der Waals surface area contributed by atoms with Crippen LogP contribution in [0.4, 0.5) is 0 Å². The zero-order chi connectivity index (χ0) is 20.1. The van der Waals surface area contributed by atoms with E-state index in [0.29, 0.717) is 11.2 Å². The van der Waals surface area contributed by atoms with Crippen molar-refractivity contribution in [1.29, 1.82) is 0 Å². The summed E-state index contributed by atoms with van der Waals surface area (Å²) < 4.78 is 0. The summed E-state index contributed by atoms with van der Waals surface area (Å²) in [7, 11) is 0. The molecule has 3 aliphatic rings. The number of Topliss-reactive ketones (excluding diaryl/α,β-unsaturated/α-hetero) is 1. The number of rotatable bonds is 2. The van der Waals surface area contributed by atoms with Crippen molar-refractivity contribution >= 4 is 16.9 Å². The van der Waals surface area contributed by atoms with Crippen LogP contribution in [-0.4, -0.2) is 5.78 Å². The summed E-state index contributed by atoms with van der Waals surface area (Å²) in [6, 6.07) is 17.2. The Kier molecular flexibility index (Phi) is 4.38. The molecule has 1 saturated carbocycles. The van der Waals surface area contributed by atoms with E-state index >= 15 is 0 Å². The van der Waals surface area contributed by atoms with Gasteiger partial charge >= 0.3 is 0 Å². The fourth-order valence-corrected chi connectivity index (χ4v) is 5.46. The fourth-order valence-electron chi connectivity index (χ4n) is 5.46. The lowest BCUT2D eigenvalue weighted by Crippen LogP contribution is -2.38. The maximum absolute atomic E-state index is 13.1. The van der Waals surface area contributed by atoms with Crippen molar-refractivity contribution in [2.24, 2.45) is 10.8 Å². The zero-order valence-electron chi connectivity index (χ0n) is 17.6. The average Bonchev–Trinajstić information content (AvgIpc) is 3.22. The van der Waals surface area contributed by atoms with Gasteiger partial charge in [-0.2, -0.15) is 0 Å². The first kappa shape index (κ1) is 18.6. The molecule has 0 amide bonds. The Hall–Kier alpha value is -2.41. The summed E-state index contributed by atoms with van der Waals surface area (Å²) >= 11 is 0. The van der Waals surface area contributed by atoms with E-state index in [-0.39, 0.29) is 5.41 Å². The van der Waals surface area contributed by atoms with E-state index in [0.717, 1.165) is 24.8 Å². The van der Waals surface area contributed by atoms with Crippen LogP contribution in [0.25, 0.3) is 11.1 Å². The summed E-state index contributed by atoms with van der Waals surface area (Å²) in [5, 5.41) is 0. The molecule has 1 spiro atoms. The summed E-state index contributed by atoms with van der Waals surface area (Å²) in [6.45, 7) is 4.75. The van der Waals surface area contributed by atoms with Crippen molar-refractivity contribution in [1.82, 2.24) is 0 Å². The maximum Gasteiger partial charge on any atom is 0.163 e. The van der Waals surface area contributed by atoms with Gasteiger partial charge in [0, 0.05) is 12.0 Å². The Balaban J connectivity index is 1.39. The van der Waals surface area contributed by atoms with Gasteiger partial charge < -0.3 is 0 Å². The standard InChI is InChI=1S/C28H30O/c1-27(2)12-14-28(15-13-27)18-24-11-10-23(17-25(24)26(29)19-28)22-9-8-21(16-22)20-6-4-3-5-7-20/h3-8,10-11,16-17H,9,12-15,18-19H2,1-2H3. The molecule has 29 heavy (non-hydrogen) atoms. The third kappa shape index (κ3) is 3.52. The first-order valence-electron chi connectivity index (χ1n) is 11.1. The Labute approximate surface area is 174 Å². The van der Waals surface area contributed by atoms with Crippen LogP contribution in [0.1, 0.15) is 79.4 Å². The second-order valence-electron chi connectivity index (χ2n) is 10.2. The predicted molar refractivity (Wildman–Crippen MR) is 121 cm³/mol. The van der Waals surface area contributed by atoms with Gasteiger partial charge in [-0.1, -0.05) is 68.5 Å². The van der Waals surface area contributed by atoms with Crippen LogP contribution in [-0.2, 0) is 6.42 Å². The normalized spacial score (nSPS) is 22.2. The van der Waals surface area contributed by atoms with Crippen molar-refractivity contribution in [3.8, 4) is 0 Å². The molecule has 0 aromatic heterocycles. The number of benzene rings is 2. The molecule has 0 bridgehead atoms. The number of ketones is 1. The third-order valence-electron chi connectivity index (χ3n) is 7.53. The molecule has 0 N–H and O–H groups in total. The van der Waals surface area contributed by atoms with Gasteiger partial charge in [0.15, 0.2) is 5.78 Å². The van der Waals surface area contributed by atoms with Crippen LogP contribution in [0.5, 0.6) is 0 Å². The molecule has 2 aromatic carbocycles. The number of hydrogen-bond donors (Lipinski definition) is 0. The van der Waals surface area contributed by atoms with Crippen molar-refractivity contribution in [3.63, 3.8) is 0 Å². The van der Waals surface area contributed by atoms with Gasteiger partial charge in [0.2, 0.25) is 0 Å². The van der Waals surface area contributed by atoms with Gasteiger partial charge in [0.1, 0.15) is 0 Å². The lowest BCUT2D eigenvalue weighted by atomic mass is 9.59. The van der Waals surface area contributed by atoms with Crippen LogP contribution in [0.15, 0.2) is 60.7 Å². The SMILES string of the molecule is CC1(C)CCC2(CC1)CC(=O)c1cc(C3=CC(c4ccccc4)=CC3)ccc1C2. The Morgan fingerprint density at radius 2 is 1.59 bits per heavy atom. The molecule has 0 heterocycles. The predicted octanol–water partition coefficient (Wildman–Crippen LogP) is 7.27. The van der Waals surface area contributed by atoms with Crippen LogP contribution < -0.4 is 0 Å². The summed E-state index contributed by atoms with van der Waals surface area (Å²) in [6.07, 6.45) is 12.2. The van der Waals surface area contributed by atoms with Gasteiger partial charge in [0.25, 0.3) is 0 Å². The largest absolute Gasteiger partial charge is 0.294 e. The third-order valence-corrected chi connectivity index (χ3v) is 7.53. The fraction of sp³-hybridized carbons (Fsp3) is 0.393. The smallest absolute Gasteiger partial charge is 0.163 e. The molecular weight excluding hydrogens is 352 g/mol. The molecular formula is C28H30O. The first-order valence-corrected chi connectivity index (χ1v) is 11.1. The number of carbonyl (C=O) groups is 1. The Morgan fingerprint density at radius 1 is 0.828 bits per heavy atom. The van der Waals surface area contributed by atoms with Crippen molar-refractivity contribution in [3.05, 3.63) is 82.9 Å². The van der Waals surface area contributed by atoms with Crippen LogP contribution >= 0.6 is 0 Å². The molecule has 1 fully saturated rings. The molecule has 1 heteroatoms. The number of carbonyl (C=O) groups excluding carboxylic acids is 1. The number of hydrogen-bond acceptors (Lipinski definition) is 1. The van der Waals surface area contributed by atoms with E-state index in [9.17, 15) is 4.79 Å². The van der Waals surface area contributed by atoms with Gasteiger partial charge in [-0.3, -0.25) is 4.79 Å². The minimum Gasteiger partial charge on any atom is -0.294 e. The first-order chi connectivity index (χ1) is 13.9. The average molecular weight is 383 g/mol. The topological polar surface area (TPSA) is 17.1 Å². The van der Waals surface area contributed by atoms with Crippen LogP contribution in [0.3, 0.4) is 0 Å². The Bertz CT molecular complexity index is 1010. The molecule has 5 rings (SSSR count). The van der Waals surface area contributed by atoms with Crippen molar-refractivity contribution in [2.45, 2.75) is 58.8 Å². The minimum absolute atomic E-state index is 0.218. The molecule has 1 nitrogen and oxygen atoms in total. The van der Waals surface area contributed by atoms with E-state index in [2.05, 4.69) is 74.5 Å². The van der Waals surface area contributed by atoms with Gasteiger partial charge in [-0.05, 0) is 83.3 Å². The maximum atomic E-state index is 13.1. The quantitative estimate of drug-likeness (QED) is 0.533. The van der Waals surface area contributed by atoms with E-state index in [1.165, 1.54) is 53.5 Å². The summed E-state index contributed by atoms with van der Waals surface area (Å²) in [5.74, 6) is 0.364. The molecule has 0 atom stereocenters. The highest BCUT2D eigenvalue weighted by molar-refractivity contribution is 6.00. The van der Waals surface area contributed by atoms with Crippen molar-refractivity contribution < 1.29 is 4.79 Å². The zero-order valence-corrected chi connectivity index (χ0v) is 17.6. The van der Waals surface area contributed by atoms with Crippen molar-refractivity contribution in [2.75, 3.05) is 0 Å². The highest BCUT2D eigenvalue weighted by Gasteiger charge is 2.43. The van der Waals surface area contributed by atoms with Gasteiger partial charge in [-0.25, -0.2) is 0 Å². The molecule has 0 unspecified atom stereocenters. The van der Waals surface area contributed by atoms with E-state index in [1.54, 1.807) is 0 Å². The molecule has 0 radical (unpaired) electrons. The lowest BCUT2D eigenvalue weighted by molar-refractivity contribution is 0.0658. The highest BCUT2D eigenvalue weighted by atomic mass is 16.1. The molecule has 0 saturated heterocycles. The summed E-state index contributed by atoms with van der Waals surface area (Å²) in [4.78, 5) is 13.1. The molecule has 3 aliphatic carbocycles. The summed E-state index contributed by atoms with van der Waals surface area (Å²) in [5.41, 5.74) is 7.99. The Morgan fingerprint density at radius 3 is 2.34 bits per heavy atom. The number of allylic oxidation sites excluding steroid dienone is 4.